The largest absolute Gasteiger partial charge is 0.458 e. The van der Waals surface area contributed by atoms with Gasteiger partial charge in [-0.05, 0) is 52.5 Å². The van der Waals surface area contributed by atoms with Crippen molar-refractivity contribution in [2.45, 2.75) is 53.2 Å². The maximum atomic E-state index is 12.3. The molecule has 0 aromatic carbocycles. The zero-order valence-electron chi connectivity index (χ0n) is 14.2. The summed E-state index contributed by atoms with van der Waals surface area (Å²) in [5.74, 6) is 1.22. The Hall–Kier alpha value is -1.69. The molecule has 0 amide bonds. The first-order valence-corrected chi connectivity index (χ1v) is 8.16. The zero-order valence-corrected chi connectivity index (χ0v) is 15.0. The van der Waals surface area contributed by atoms with Gasteiger partial charge in [-0.3, -0.25) is 0 Å². The molecule has 2 aromatic heterocycles. The van der Waals surface area contributed by atoms with Crippen LogP contribution in [-0.4, -0.2) is 34.6 Å². The number of thiophene rings is 1. The van der Waals surface area contributed by atoms with Crippen molar-refractivity contribution in [3.05, 3.63) is 16.8 Å². The van der Waals surface area contributed by atoms with Gasteiger partial charge in [-0.15, -0.1) is 11.3 Å². The summed E-state index contributed by atoms with van der Waals surface area (Å²) in [7, 11) is 1.87. The van der Waals surface area contributed by atoms with Crippen LogP contribution >= 0.6 is 11.3 Å². The lowest BCUT2D eigenvalue weighted by molar-refractivity contribution is -0.156. The number of carbonyl (C=O) groups excluding carboxylic acids is 1. The fourth-order valence-corrected chi connectivity index (χ4v) is 3.11. The Bertz CT molecular complexity index is 703. The Kier molecular flexibility index (Phi) is 4.42. The molecule has 2 rings (SSSR count). The standard InChI is InChI=1S/C16H23N3O2S/c1-9-8-22-14-12(9)13(17-11(3)18-14)19(7)10(2)15(20)21-16(4,5)6/h8,10H,1-7H3. The molecule has 0 spiro atoms. The maximum Gasteiger partial charge on any atom is 0.329 e. The normalized spacial score (nSPS) is 13.2. The van der Waals surface area contributed by atoms with E-state index in [9.17, 15) is 4.79 Å². The van der Waals surface area contributed by atoms with Gasteiger partial charge in [-0.25, -0.2) is 14.8 Å². The molecule has 0 radical (unpaired) electrons. The minimum atomic E-state index is -0.499. The van der Waals surface area contributed by atoms with E-state index in [1.807, 2.05) is 53.5 Å². The van der Waals surface area contributed by atoms with E-state index >= 15 is 0 Å². The molecule has 120 valence electrons. The molecule has 22 heavy (non-hydrogen) atoms. The molecule has 6 heteroatoms. The van der Waals surface area contributed by atoms with Crippen molar-refractivity contribution in [2.75, 3.05) is 11.9 Å². The number of nitrogens with zero attached hydrogens (tertiary/aromatic N) is 3. The monoisotopic (exact) mass is 321 g/mol. The van der Waals surface area contributed by atoms with Crippen LogP contribution in [0.3, 0.4) is 0 Å². The molecule has 2 aromatic rings. The third-order valence-corrected chi connectivity index (χ3v) is 4.36. The topological polar surface area (TPSA) is 55.3 Å². The number of rotatable bonds is 3. The summed E-state index contributed by atoms with van der Waals surface area (Å²) < 4.78 is 5.47. The molecule has 2 heterocycles. The fraction of sp³-hybridized carbons (Fsp3) is 0.562. The maximum absolute atomic E-state index is 12.3. The summed E-state index contributed by atoms with van der Waals surface area (Å²) in [6, 6.07) is -0.420. The molecule has 0 saturated carbocycles. The van der Waals surface area contributed by atoms with Crippen LogP contribution in [0, 0.1) is 13.8 Å². The number of esters is 1. The molecule has 0 fully saturated rings. The van der Waals surface area contributed by atoms with Crippen LogP contribution < -0.4 is 4.90 Å². The minimum Gasteiger partial charge on any atom is -0.458 e. The van der Waals surface area contributed by atoms with Crippen molar-refractivity contribution in [3.8, 4) is 0 Å². The summed E-state index contributed by atoms with van der Waals surface area (Å²) in [5, 5.41) is 3.07. The van der Waals surface area contributed by atoms with Crippen molar-refractivity contribution in [3.63, 3.8) is 0 Å². The van der Waals surface area contributed by atoms with Crippen molar-refractivity contribution in [1.82, 2.24) is 9.97 Å². The second kappa shape index (κ2) is 5.83. The Labute approximate surface area is 135 Å². The molecule has 0 bridgehead atoms. The number of anilines is 1. The van der Waals surface area contributed by atoms with Crippen LogP contribution in [-0.2, 0) is 9.53 Å². The molecule has 1 atom stereocenters. The summed E-state index contributed by atoms with van der Waals surface area (Å²) in [5.41, 5.74) is 0.625. The van der Waals surface area contributed by atoms with E-state index in [0.717, 1.165) is 21.6 Å². The van der Waals surface area contributed by atoms with Crippen molar-refractivity contribution in [2.24, 2.45) is 0 Å². The van der Waals surface area contributed by atoms with Gasteiger partial charge in [-0.2, -0.15) is 0 Å². The van der Waals surface area contributed by atoms with Crippen molar-refractivity contribution >= 4 is 33.3 Å². The average Bonchev–Trinajstić information content (AvgIpc) is 2.75. The zero-order chi connectivity index (χ0) is 16.7. The van der Waals surface area contributed by atoms with E-state index in [4.69, 9.17) is 4.74 Å². The Balaban J connectivity index is 2.38. The molecule has 0 aliphatic heterocycles. The van der Waals surface area contributed by atoms with Crippen molar-refractivity contribution < 1.29 is 9.53 Å². The van der Waals surface area contributed by atoms with Gasteiger partial charge >= 0.3 is 5.97 Å². The quantitative estimate of drug-likeness (QED) is 0.810. The van der Waals surface area contributed by atoms with Gasteiger partial charge in [0.25, 0.3) is 0 Å². The summed E-state index contributed by atoms with van der Waals surface area (Å²) in [4.78, 5) is 24.1. The highest BCUT2D eigenvalue weighted by atomic mass is 32.1. The summed E-state index contributed by atoms with van der Waals surface area (Å²) in [6.45, 7) is 11.3. The van der Waals surface area contributed by atoms with Crippen LogP contribution in [0.4, 0.5) is 5.82 Å². The van der Waals surface area contributed by atoms with Gasteiger partial charge in [0.2, 0.25) is 0 Å². The lowest BCUT2D eigenvalue weighted by Crippen LogP contribution is -2.41. The Morgan fingerprint density at radius 3 is 2.55 bits per heavy atom. The van der Waals surface area contributed by atoms with E-state index in [-0.39, 0.29) is 5.97 Å². The molecule has 1 unspecified atom stereocenters. The predicted octanol–water partition coefficient (Wildman–Crippen LogP) is 3.47. The van der Waals surface area contributed by atoms with Gasteiger partial charge in [0, 0.05) is 7.05 Å². The number of hydrogen-bond donors (Lipinski definition) is 0. The fourth-order valence-electron chi connectivity index (χ4n) is 2.15. The third-order valence-electron chi connectivity index (χ3n) is 3.37. The predicted molar refractivity (Wildman–Crippen MR) is 90.6 cm³/mol. The highest BCUT2D eigenvalue weighted by Gasteiger charge is 2.27. The van der Waals surface area contributed by atoms with Crippen LogP contribution in [0.5, 0.6) is 0 Å². The van der Waals surface area contributed by atoms with Crippen LogP contribution in [0.25, 0.3) is 10.2 Å². The lowest BCUT2D eigenvalue weighted by Gasteiger charge is -2.28. The first-order chi connectivity index (χ1) is 10.1. The summed E-state index contributed by atoms with van der Waals surface area (Å²) >= 11 is 1.60. The minimum absolute atomic E-state index is 0.257. The molecule has 0 aliphatic rings. The third kappa shape index (κ3) is 3.38. The van der Waals surface area contributed by atoms with E-state index in [1.54, 1.807) is 11.3 Å². The van der Waals surface area contributed by atoms with Gasteiger partial charge < -0.3 is 9.64 Å². The number of aromatic nitrogens is 2. The average molecular weight is 321 g/mol. The van der Waals surface area contributed by atoms with Gasteiger partial charge in [-0.1, -0.05) is 0 Å². The SMILES string of the molecule is Cc1nc(N(C)C(C)C(=O)OC(C)(C)C)c2c(C)csc2n1. The first-order valence-electron chi connectivity index (χ1n) is 7.28. The molecule has 0 aliphatic carbocycles. The number of fused-ring (bicyclic) bond motifs is 1. The van der Waals surface area contributed by atoms with E-state index in [1.165, 1.54) is 0 Å². The number of aryl methyl sites for hydroxylation is 2. The highest BCUT2D eigenvalue weighted by Crippen LogP contribution is 2.32. The number of hydrogen-bond acceptors (Lipinski definition) is 6. The summed E-state index contributed by atoms with van der Waals surface area (Å²) in [6.07, 6.45) is 0. The molecular formula is C16H23N3O2S. The van der Waals surface area contributed by atoms with Crippen LogP contribution in [0.1, 0.15) is 39.1 Å². The van der Waals surface area contributed by atoms with Crippen molar-refractivity contribution in [1.29, 1.82) is 0 Å². The van der Waals surface area contributed by atoms with Crippen LogP contribution in [0.15, 0.2) is 5.38 Å². The number of ether oxygens (including phenoxy) is 1. The van der Waals surface area contributed by atoms with E-state index < -0.39 is 11.6 Å². The van der Waals surface area contributed by atoms with Gasteiger partial charge in [0.15, 0.2) is 0 Å². The highest BCUT2D eigenvalue weighted by molar-refractivity contribution is 7.17. The second-order valence-electron chi connectivity index (χ2n) is 6.51. The molecule has 0 N–H and O–H groups in total. The van der Waals surface area contributed by atoms with Gasteiger partial charge in [0.1, 0.15) is 28.1 Å². The number of likely N-dealkylation sites (N-methyl/N-ethyl adjacent to an activating group) is 1. The number of carbonyl (C=O) groups is 1. The lowest BCUT2D eigenvalue weighted by atomic mass is 10.2. The smallest absolute Gasteiger partial charge is 0.329 e. The van der Waals surface area contributed by atoms with Gasteiger partial charge in [0.05, 0.1) is 5.39 Å². The second-order valence-corrected chi connectivity index (χ2v) is 7.37. The molecule has 5 nitrogen and oxygen atoms in total. The van der Waals surface area contributed by atoms with E-state index in [2.05, 4.69) is 15.3 Å². The Morgan fingerprint density at radius 2 is 1.95 bits per heavy atom. The van der Waals surface area contributed by atoms with E-state index in [0.29, 0.717) is 5.82 Å². The molecule has 0 saturated heterocycles. The van der Waals surface area contributed by atoms with Crippen LogP contribution in [0.2, 0.25) is 0 Å². The molecular weight excluding hydrogens is 298 g/mol. The first kappa shape index (κ1) is 16.7. The Morgan fingerprint density at radius 1 is 1.32 bits per heavy atom.